The van der Waals surface area contributed by atoms with Crippen molar-refractivity contribution >= 4 is 12.2 Å². The predicted octanol–water partition coefficient (Wildman–Crippen LogP) is 0.870. The average molecular weight is 278 g/mol. The molecule has 0 fully saturated rings. The van der Waals surface area contributed by atoms with Crippen LogP contribution in [0, 0.1) is 5.92 Å². The normalized spacial score (nSPS) is 13.8. The Labute approximate surface area is 119 Å². The van der Waals surface area contributed by atoms with Gasteiger partial charge in [0.05, 0.1) is 12.6 Å². The lowest BCUT2D eigenvalue weighted by atomic mass is 10.1. The van der Waals surface area contributed by atoms with Crippen LogP contribution < -0.4 is 11.1 Å². The number of nitrogens with two attached hydrogens (primary N) is 1. The minimum Gasteiger partial charge on any atom is -0.354 e. The molecule has 110 valence electrons. The van der Waals surface area contributed by atoms with E-state index in [0.717, 1.165) is 5.56 Å². The second-order valence-corrected chi connectivity index (χ2v) is 5.09. The van der Waals surface area contributed by atoms with Crippen LogP contribution in [0.15, 0.2) is 30.3 Å². The number of hydrogen-bond donors (Lipinski definition) is 2. The number of benzene rings is 1. The molecular formula is C15H22N2O3. The highest BCUT2D eigenvalue weighted by Gasteiger charge is 2.18. The van der Waals surface area contributed by atoms with E-state index in [-0.39, 0.29) is 0 Å². The first-order valence-electron chi connectivity index (χ1n) is 6.69. The summed E-state index contributed by atoms with van der Waals surface area (Å²) in [7, 11) is 0. The lowest BCUT2D eigenvalue weighted by molar-refractivity contribution is -0.135. The Kier molecular flexibility index (Phi) is 6.90. The molecule has 1 rings (SSSR count). The number of aldehydes is 1. The van der Waals surface area contributed by atoms with Gasteiger partial charge in [0.25, 0.3) is 5.91 Å². The van der Waals surface area contributed by atoms with Crippen molar-refractivity contribution in [2.24, 2.45) is 11.7 Å². The van der Waals surface area contributed by atoms with E-state index in [1.165, 1.54) is 0 Å². The Morgan fingerprint density at radius 2 is 2.00 bits per heavy atom. The third-order valence-electron chi connectivity index (χ3n) is 2.66. The maximum absolute atomic E-state index is 11.8. The van der Waals surface area contributed by atoms with Gasteiger partial charge in [0, 0.05) is 0 Å². The summed E-state index contributed by atoms with van der Waals surface area (Å²) in [6.07, 6.45) is 0.100. The maximum atomic E-state index is 11.8. The van der Waals surface area contributed by atoms with Crippen LogP contribution in [0.25, 0.3) is 0 Å². The maximum Gasteiger partial charge on any atom is 0.264 e. The molecule has 0 spiro atoms. The molecular weight excluding hydrogens is 256 g/mol. The first-order chi connectivity index (χ1) is 9.52. The number of rotatable bonds is 8. The monoisotopic (exact) mass is 278 g/mol. The quantitative estimate of drug-likeness (QED) is 0.546. The molecule has 3 N–H and O–H groups in total. The zero-order valence-electron chi connectivity index (χ0n) is 11.9. The summed E-state index contributed by atoms with van der Waals surface area (Å²) in [6, 6.07) is 8.87. The molecule has 0 bridgehead atoms. The van der Waals surface area contributed by atoms with Gasteiger partial charge in [-0.25, -0.2) is 0 Å². The molecule has 1 amide bonds. The SMILES string of the molecule is CC(C)COC(N)C(=O)N[C@H](C=O)Cc1ccccc1. The Bertz CT molecular complexity index is 420. The van der Waals surface area contributed by atoms with Gasteiger partial charge in [-0.15, -0.1) is 0 Å². The van der Waals surface area contributed by atoms with Gasteiger partial charge in [-0.05, 0) is 17.9 Å². The second-order valence-electron chi connectivity index (χ2n) is 5.09. The summed E-state index contributed by atoms with van der Waals surface area (Å²) in [5.74, 6) is -0.182. The predicted molar refractivity (Wildman–Crippen MR) is 76.9 cm³/mol. The van der Waals surface area contributed by atoms with E-state index in [9.17, 15) is 9.59 Å². The van der Waals surface area contributed by atoms with Gasteiger partial charge in [0.1, 0.15) is 6.29 Å². The zero-order chi connectivity index (χ0) is 15.0. The van der Waals surface area contributed by atoms with Crippen LogP contribution in [0.5, 0.6) is 0 Å². The number of ether oxygens (including phenoxy) is 1. The fourth-order valence-corrected chi connectivity index (χ4v) is 1.64. The van der Waals surface area contributed by atoms with Crippen LogP contribution in [-0.4, -0.2) is 31.1 Å². The van der Waals surface area contributed by atoms with Gasteiger partial charge in [-0.1, -0.05) is 44.2 Å². The van der Waals surface area contributed by atoms with Gasteiger partial charge in [0.2, 0.25) is 0 Å². The third-order valence-corrected chi connectivity index (χ3v) is 2.66. The van der Waals surface area contributed by atoms with Crippen molar-refractivity contribution in [3.8, 4) is 0 Å². The highest BCUT2D eigenvalue weighted by atomic mass is 16.5. The molecule has 5 nitrogen and oxygen atoms in total. The number of hydrogen-bond acceptors (Lipinski definition) is 4. The second kappa shape index (κ2) is 8.45. The largest absolute Gasteiger partial charge is 0.354 e. The van der Waals surface area contributed by atoms with Crippen molar-refractivity contribution in [1.82, 2.24) is 5.32 Å². The zero-order valence-corrected chi connectivity index (χ0v) is 11.9. The molecule has 0 aliphatic heterocycles. The van der Waals surface area contributed by atoms with E-state index in [2.05, 4.69) is 5.32 Å². The molecule has 0 aliphatic rings. The number of amides is 1. The minimum absolute atomic E-state index is 0.292. The topological polar surface area (TPSA) is 81.4 Å². The van der Waals surface area contributed by atoms with Crippen LogP contribution >= 0.6 is 0 Å². The Morgan fingerprint density at radius 3 is 2.55 bits per heavy atom. The van der Waals surface area contributed by atoms with Gasteiger partial charge in [-0.3, -0.25) is 10.5 Å². The van der Waals surface area contributed by atoms with E-state index in [4.69, 9.17) is 10.5 Å². The van der Waals surface area contributed by atoms with Gasteiger partial charge in [-0.2, -0.15) is 0 Å². The van der Waals surface area contributed by atoms with E-state index in [0.29, 0.717) is 25.2 Å². The summed E-state index contributed by atoms with van der Waals surface area (Å²) < 4.78 is 5.21. The Morgan fingerprint density at radius 1 is 1.35 bits per heavy atom. The standard InChI is InChI=1S/C15H22N2O3/c1-11(2)10-20-14(16)15(19)17-13(9-18)8-12-6-4-3-5-7-12/h3-7,9,11,13-14H,8,10,16H2,1-2H3,(H,17,19)/t13-,14?/m0/s1. The highest BCUT2D eigenvalue weighted by molar-refractivity contribution is 5.83. The lowest BCUT2D eigenvalue weighted by Crippen LogP contribution is -2.48. The molecule has 5 heteroatoms. The average Bonchev–Trinajstić information content (AvgIpc) is 2.44. The van der Waals surface area contributed by atoms with E-state index >= 15 is 0 Å². The summed E-state index contributed by atoms with van der Waals surface area (Å²) in [5.41, 5.74) is 6.59. The summed E-state index contributed by atoms with van der Waals surface area (Å²) in [6.45, 7) is 4.33. The van der Waals surface area contributed by atoms with Crippen molar-refractivity contribution in [3.05, 3.63) is 35.9 Å². The van der Waals surface area contributed by atoms with Crippen LogP contribution in [0.3, 0.4) is 0 Å². The molecule has 1 aromatic rings. The molecule has 20 heavy (non-hydrogen) atoms. The summed E-state index contributed by atoms with van der Waals surface area (Å²) in [5, 5.41) is 2.58. The number of carbonyl (C=O) groups is 2. The summed E-state index contributed by atoms with van der Waals surface area (Å²) >= 11 is 0. The smallest absolute Gasteiger partial charge is 0.264 e. The third kappa shape index (κ3) is 5.95. The fraction of sp³-hybridized carbons (Fsp3) is 0.467. The molecule has 0 heterocycles. The van der Waals surface area contributed by atoms with Crippen LogP contribution in [-0.2, 0) is 20.7 Å². The minimum atomic E-state index is -1.05. The first kappa shape index (κ1) is 16.3. The van der Waals surface area contributed by atoms with Crippen molar-refractivity contribution < 1.29 is 14.3 Å². The number of carbonyl (C=O) groups excluding carboxylic acids is 2. The molecule has 0 aromatic heterocycles. The molecule has 1 unspecified atom stereocenters. The van der Waals surface area contributed by atoms with Crippen molar-refractivity contribution in [2.45, 2.75) is 32.5 Å². The van der Waals surface area contributed by atoms with Crippen molar-refractivity contribution in [3.63, 3.8) is 0 Å². The van der Waals surface area contributed by atoms with Gasteiger partial charge < -0.3 is 14.8 Å². The Hall–Kier alpha value is -1.72. The fourth-order valence-electron chi connectivity index (χ4n) is 1.64. The van der Waals surface area contributed by atoms with Crippen LogP contribution in [0.1, 0.15) is 19.4 Å². The number of nitrogens with one attached hydrogen (secondary N) is 1. The Balaban J connectivity index is 2.47. The van der Waals surface area contributed by atoms with Crippen LogP contribution in [0.2, 0.25) is 0 Å². The first-order valence-corrected chi connectivity index (χ1v) is 6.69. The summed E-state index contributed by atoms with van der Waals surface area (Å²) in [4.78, 5) is 22.8. The van der Waals surface area contributed by atoms with Gasteiger partial charge in [0.15, 0.2) is 6.23 Å². The lowest BCUT2D eigenvalue weighted by Gasteiger charge is -2.18. The molecule has 0 saturated carbocycles. The van der Waals surface area contributed by atoms with Gasteiger partial charge >= 0.3 is 0 Å². The van der Waals surface area contributed by atoms with E-state index < -0.39 is 18.2 Å². The van der Waals surface area contributed by atoms with E-state index in [1.807, 2.05) is 44.2 Å². The van der Waals surface area contributed by atoms with Crippen molar-refractivity contribution in [1.29, 1.82) is 0 Å². The molecule has 0 saturated heterocycles. The van der Waals surface area contributed by atoms with Crippen LogP contribution in [0.4, 0.5) is 0 Å². The highest BCUT2D eigenvalue weighted by Crippen LogP contribution is 2.02. The molecule has 2 atom stereocenters. The van der Waals surface area contributed by atoms with Crippen molar-refractivity contribution in [2.75, 3.05) is 6.61 Å². The molecule has 0 radical (unpaired) electrons. The molecule has 0 aliphatic carbocycles. The molecule has 1 aromatic carbocycles. The van der Waals surface area contributed by atoms with E-state index in [1.54, 1.807) is 0 Å².